The monoisotopic (exact) mass is 176 g/mol. The summed E-state index contributed by atoms with van der Waals surface area (Å²) in [6, 6.07) is 6.51. The molecule has 2 heteroatoms. The van der Waals surface area contributed by atoms with Crippen molar-refractivity contribution in [3.63, 3.8) is 0 Å². The second-order valence-electron chi connectivity index (χ2n) is 3.60. The SMILES string of the molecule is Cc1cccc2c1CCN2CCN. The van der Waals surface area contributed by atoms with Gasteiger partial charge in [-0.05, 0) is 30.5 Å². The third-order valence-electron chi connectivity index (χ3n) is 2.76. The Morgan fingerprint density at radius 3 is 3.08 bits per heavy atom. The van der Waals surface area contributed by atoms with Gasteiger partial charge in [0.05, 0.1) is 0 Å². The highest BCUT2D eigenvalue weighted by atomic mass is 15.1. The van der Waals surface area contributed by atoms with Crippen LogP contribution >= 0.6 is 0 Å². The fourth-order valence-electron chi connectivity index (χ4n) is 2.06. The minimum Gasteiger partial charge on any atom is -0.370 e. The van der Waals surface area contributed by atoms with Gasteiger partial charge < -0.3 is 10.6 Å². The molecule has 1 aliphatic rings. The van der Waals surface area contributed by atoms with Crippen molar-refractivity contribution in [3.05, 3.63) is 29.3 Å². The quantitative estimate of drug-likeness (QED) is 0.736. The molecule has 0 bridgehead atoms. The molecule has 0 unspecified atom stereocenters. The van der Waals surface area contributed by atoms with Crippen LogP contribution in [0.4, 0.5) is 5.69 Å². The molecule has 1 aliphatic heterocycles. The average Bonchev–Trinajstić information content (AvgIpc) is 2.51. The van der Waals surface area contributed by atoms with Gasteiger partial charge in [-0.1, -0.05) is 12.1 Å². The summed E-state index contributed by atoms with van der Waals surface area (Å²) < 4.78 is 0. The highest BCUT2D eigenvalue weighted by molar-refractivity contribution is 5.60. The predicted molar refractivity (Wildman–Crippen MR) is 56.2 cm³/mol. The van der Waals surface area contributed by atoms with Gasteiger partial charge in [-0.25, -0.2) is 0 Å². The average molecular weight is 176 g/mol. The lowest BCUT2D eigenvalue weighted by molar-refractivity contribution is 0.821. The first kappa shape index (κ1) is 8.57. The number of anilines is 1. The summed E-state index contributed by atoms with van der Waals surface area (Å²) in [5.41, 5.74) is 9.88. The molecule has 0 radical (unpaired) electrons. The Kier molecular flexibility index (Phi) is 2.23. The molecule has 2 N–H and O–H groups in total. The Bertz CT molecular complexity index is 307. The summed E-state index contributed by atoms with van der Waals surface area (Å²) in [6.07, 6.45) is 1.18. The smallest absolute Gasteiger partial charge is 0.0402 e. The first-order chi connectivity index (χ1) is 6.33. The Balaban J connectivity index is 2.32. The number of nitrogens with zero attached hydrogens (tertiary/aromatic N) is 1. The van der Waals surface area contributed by atoms with Crippen LogP contribution in [-0.2, 0) is 6.42 Å². The third kappa shape index (κ3) is 1.42. The molecule has 0 amide bonds. The van der Waals surface area contributed by atoms with Gasteiger partial charge in [0.15, 0.2) is 0 Å². The van der Waals surface area contributed by atoms with E-state index < -0.39 is 0 Å². The molecule has 2 rings (SSSR count). The molecular weight excluding hydrogens is 160 g/mol. The highest BCUT2D eigenvalue weighted by Crippen LogP contribution is 2.29. The predicted octanol–water partition coefficient (Wildman–Crippen LogP) is 1.32. The molecule has 0 aliphatic carbocycles. The molecule has 1 aromatic rings. The zero-order valence-electron chi connectivity index (χ0n) is 8.09. The standard InChI is InChI=1S/C11H16N2/c1-9-3-2-4-11-10(9)5-7-13(11)8-6-12/h2-4H,5-8,12H2,1H3. The van der Waals surface area contributed by atoms with Crippen molar-refractivity contribution in [2.24, 2.45) is 5.73 Å². The topological polar surface area (TPSA) is 29.3 Å². The molecule has 0 saturated carbocycles. The van der Waals surface area contributed by atoms with Gasteiger partial charge in [0.1, 0.15) is 0 Å². The molecule has 70 valence electrons. The first-order valence-corrected chi connectivity index (χ1v) is 4.86. The van der Waals surface area contributed by atoms with Gasteiger partial charge in [0.25, 0.3) is 0 Å². The first-order valence-electron chi connectivity index (χ1n) is 4.86. The van der Waals surface area contributed by atoms with Crippen molar-refractivity contribution in [2.75, 3.05) is 24.5 Å². The number of hydrogen-bond acceptors (Lipinski definition) is 2. The summed E-state index contributed by atoms with van der Waals surface area (Å²) in [5, 5.41) is 0. The Morgan fingerprint density at radius 2 is 2.31 bits per heavy atom. The van der Waals surface area contributed by atoms with E-state index in [1.165, 1.54) is 23.2 Å². The van der Waals surface area contributed by atoms with Gasteiger partial charge in [0.2, 0.25) is 0 Å². The summed E-state index contributed by atoms with van der Waals surface area (Å²) in [5.74, 6) is 0. The fraction of sp³-hybridized carbons (Fsp3) is 0.455. The van der Waals surface area contributed by atoms with Crippen molar-refractivity contribution in [2.45, 2.75) is 13.3 Å². The number of nitrogens with two attached hydrogens (primary N) is 1. The lowest BCUT2D eigenvalue weighted by Crippen LogP contribution is -2.27. The van der Waals surface area contributed by atoms with E-state index in [0.717, 1.165) is 19.6 Å². The van der Waals surface area contributed by atoms with E-state index in [4.69, 9.17) is 5.73 Å². The van der Waals surface area contributed by atoms with Crippen LogP contribution in [0.2, 0.25) is 0 Å². The third-order valence-corrected chi connectivity index (χ3v) is 2.76. The van der Waals surface area contributed by atoms with Crippen molar-refractivity contribution >= 4 is 5.69 Å². The Hall–Kier alpha value is -1.02. The molecule has 0 saturated heterocycles. The van der Waals surface area contributed by atoms with E-state index in [1.54, 1.807) is 0 Å². The summed E-state index contributed by atoms with van der Waals surface area (Å²) in [6.45, 7) is 5.05. The second kappa shape index (κ2) is 3.38. The highest BCUT2D eigenvalue weighted by Gasteiger charge is 2.18. The van der Waals surface area contributed by atoms with Crippen LogP contribution in [-0.4, -0.2) is 19.6 Å². The zero-order chi connectivity index (χ0) is 9.26. The van der Waals surface area contributed by atoms with E-state index in [-0.39, 0.29) is 0 Å². The summed E-state index contributed by atoms with van der Waals surface area (Å²) in [4.78, 5) is 2.38. The zero-order valence-corrected chi connectivity index (χ0v) is 8.09. The van der Waals surface area contributed by atoms with Crippen LogP contribution in [0.25, 0.3) is 0 Å². The Morgan fingerprint density at radius 1 is 1.46 bits per heavy atom. The molecule has 2 nitrogen and oxygen atoms in total. The number of fused-ring (bicyclic) bond motifs is 1. The molecule has 0 spiro atoms. The van der Waals surface area contributed by atoms with Crippen LogP contribution in [0.5, 0.6) is 0 Å². The van der Waals surface area contributed by atoms with Crippen LogP contribution < -0.4 is 10.6 Å². The maximum atomic E-state index is 5.56. The lowest BCUT2D eigenvalue weighted by atomic mass is 10.1. The molecule has 0 atom stereocenters. The Labute approximate surface area is 79.4 Å². The van der Waals surface area contributed by atoms with E-state index >= 15 is 0 Å². The maximum Gasteiger partial charge on any atom is 0.0402 e. The molecule has 0 fully saturated rings. The molecule has 1 heterocycles. The lowest BCUT2D eigenvalue weighted by Gasteiger charge is -2.18. The minimum atomic E-state index is 0.743. The van der Waals surface area contributed by atoms with Crippen molar-refractivity contribution < 1.29 is 0 Å². The van der Waals surface area contributed by atoms with Crippen molar-refractivity contribution in [1.82, 2.24) is 0 Å². The number of hydrogen-bond donors (Lipinski definition) is 1. The summed E-state index contributed by atoms with van der Waals surface area (Å²) >= 11 is 0. The minimum absolute atomic E-state index is 0.743. The van der Waals surface area contributed by atoms with Crippen LogP contribution in [0.15, 0.2) is 18.2 Å². The van der Waals surface area contributed by atoms with E-state index in [2.05, 4.69) is 30.0 Å². The van der Waals surface area contributed by atoms with Crippen LogP contribution in [0.1, 0.15) is 11.1 Å². The van der Waals surface area contributed by atoms with Crippen LogP contribution in [0, 0.1) is 6.92 Å². The fourth-order valence-corrected chi connectivity index (χ4v) is 2.06. The van der Waals surface area contributed by atoms with E-state index in [1.807, 2.05) is 0 Å². The molecule has 1 aromatic carbocycles. The van der Waals surface area contributed by atoms with Gasteiger partial charge in [-0.2, -0.15) is 0 Å². The van der Waals surface area contributed by atoms with E-state index in [9.17, 15) is 0 Å². The molecule has 13 heavy (non-hydrogen) atoms. The van der Waals surface area contributed by atoms with Gasteiger partial charge in [-0.3, -0.25) is 0 Å². The number of benzene rings is 1. The van der Waals surface area contributed by atoms with Gasteiger partial charge >= 0.3 is 0 Å². The van der Waals surface area contributed by atoms with Crippen molar-refractivity contribution in [1.29, 1.82) is 0 Å². The van der Waals surface area contributed by atoms with Gasteiger partial charge in [0, 0.05) is 25.3 Å². The van der Waals surface area contributed by atoms with Crippen LogP contribution in [0.3, 0.4) is 0 Å². The number of rotatable bonds is 2. The van der Waals surface area contributed by atoms with E-state index in [0.29, 0.717) is 0 Å². The maximum absolute atomic E-state index is 5.56. The van der Waals surface area contributed by atoms with Crippen molar-refractivity contribution in [3.8, 4) is 0 Å². The molecular formula is C11H16N2. The second-order valence-corrected chi connectivity index (χ2v) is 3.60. The molecule has 0 aromatic heterocycles. The normalized spacial score (nSPS) is 14.8. The number of aryl methyl sites for hydroxylation is 1. The largest absolute Gasteiger partial charge is 0.370 e. The van der Waals surface area contributed by atoms with Gasteiger partial charge in [-0.15, -0.1) is 0 Å². The summed E-state index contributed by atoms with van der Waals surface area (Å²) in [7, 11) is 0.